The van der Waals surface area contributed by atoms with Crippen LogP contribution in [0.25, 0.3) is 11.0 Å². The van der Waals surface area contributed by atoms with Crippen molar-refractivity contribution in [1.82, 2.24) is 0 Å². The molecular formula is C13H16ClNO. The van der Waals surface area contributed by atoms with Gasteiger partial charge in [-0.05, 0) is 36.6 Å². The number of hydrogen-bond donors (Lipinski definition) is 1. The highest BCUT2D eigenvalue weighted by atomic mass is 35.5. The van der Waals surface area contributed by atoms with Crippen molar-refractivity contribution in [3.05, 3.63) is 35.0 Å². The highest BCUT2D eigenvalue weighted by Gasteiger charge is 2.13. The molecule has 2 aromatic rings. The van der Waals surface area contributed by atoms with Crippen molar-refractivity contribution in [3.8, 4) is 0 Å². The highest BCUT2D eigenvalue weighted by Crippen LogP contribution is 2.27. The number of nitrogens with two attached hydrogens (primary N) is 1. The Morgan fingerprint density at radius 3 is 2.75 bits per heavy atom. The van der Waals surface area contributed by atoms with E-state index in [0.717, 1.165) is 28.2 Å². The fourth-order valence-electron chi connectivity index (χ4n) is 1.84. The minimum absolute atomic E-state index is 0.0359. The van der Waals surface area contributed by atoms with Gasteiger partial charge in [-0.3, -0.25) is 0 Å². The van der Waals surface area contributed by atoms with Gasteiger partial charge in [0, 0.05) is 10.4 Å². The van der Waals surface area contributed by atoms with Gasteiger partial charge in [-0.2, -0.15) is 0 Å². The smallest absolute Gasteiger partial charge is 0.134 e. The Hall–Kier alpha value is -0.990. The maximum Gasteiger partial charge on any atom is 0.134 e. The van der Waals surface area contributed by atoms with E-state index in [1.165, 1.54) is 0 Å². The third kappa shape index (κ3) is 2.39. The van der Waals surface area contributed by atoms with Gasteiger partial charge in [-0.1, -0.05) is 25.4 Å². The first-order valence-corrected chi connectivity index (χ1v) is 5.88. The molecule has 1 heterocycles. The normalized spacial score (nSPS) is 13.6. The Morgan fingerprint density at radius 2 is 2.06 bits per heavy atom. The van der Waals surface area contributed by atoms with Crippen LogP contribution in [-0.2, 0) is 0 Å². The molecule has 0 aliphatic carbocycles. The Bertz CT molecular complexity index is 490. The number of hydrogen-bond acceptors (Lipinski definition) is 2. The maximum atomic E-state index is 6.07. The lowest BCUT2D eigenvalue weighted by Gasteiger charge is -2.10. The molecule has 2 rings (SSSR count). The summed E-state index contributed by atoms with van der Waals surface area (Å²) in [4.78, 5) is 0. The molecule has 0 saturated heterocycles. The van der Waals surface area contributed by atoms with Crippen molar-refractivity contribution in [1.29, 1.82) is 0 Å². The van der Waals surface area contributed by atoms with Crippen molar-refractivity contribution < 1.29 is 4.42 Å². The number of halogens is 1. The quantitative estimate of drug-likeness (QED) is 0.872. The van der Waals surface area contributed by atoms with E-state index in [9.17, 15) is 0 Å². The van der Waals surface area contributed by atoms with Crippen LogP contribution >= 0.6 is 11.6 Å². The summed E-state index contributed by atoms with van der Waals surface area (Å²) >= 11 is 5.92. The maximum absolute atomic E-state index is 6.07. The first-order chi connectivity index (χ1) is 7.56. The third-order valence-corrected chi connectivity index (χ3v) is 2.82. The van der Waals surface area contributed by atoms with E-state index < -0.39 is 0 Å². The fourth-order valence-corrected chi connectivity index (χ4v) is 2.02. The van der Waals surface area contributed by atoms with Gasteiger partial charge in [-0.25, -0.2) is 0 Å². The highest BCUT2D eigenvalue weighted by molar-refractivity contribution is 6.31. The Morgan fingerprint density at radius 1 is 1.31 bits per heavy atom. The van der Waals surface area contributed by atoms with Crippen LogP contribution in [0.5, 0.6) is 0 Å². The second kappa shape index (κ2) is 4.48. The summed E-state index contributed by atoms with van der Waals surface area (Å²) in [6.07, 6.45) is 0.924. The van der Waals surface area contributed by atoms with Crippen LogP contribution in [0, 0.1) is 5.92 Å². The predicted octanol–water partition coefficient (Wildman–Crippen LogP) is 4.13. The van der Waals surface area contributed by atoms with Crippen LogP contribution in [0.3, 0.4) is 0 Å². The molecule has 1 aromatic heterocycles. The zero-order chi connectivity index (χ0) is 11.7. The molecule has 16 heavy (non-hydrogen) atoms. The minimum Gasteiger partial charge on any atom is -0.459 e. The molecule has 2 nitrogen and oxygen atoms in total. The van der Waals surface area contributed by atoms with Crippen LogP contribution in [0.4, 0.5) is 0 Å². The molecule has 1 aromatic carbocycles. The van der Waals surface area contributed by atoms with Gasteiger partial charge in [0.1, 0.15) is 11.3 Å². The van der Waals surface area contributed by atoms with Crippen LogP contribution in [0.2, 0.25) is 5.02 Å². The van der Waals surface area contributed by atoms with Gasteiger partial charge in [-0.15, -0.1) is 0 Å². The van der Waals surface area contributed by atoms with Crippen molar-refractivity contribution in [2.75, 3.05) is 0 Å². The zero-order valence-corrected chi connectivity index (χ0v) is 10.3. The average molecular weight is 238 g/mol. The lowest BCUT2D eigenvalue weighted by atomic mass is 10.0. The zero-order valence-electron chi connectivity index (χ0n) is 9.53. The summed E-state index contributed by atoms with van der Waals surface area (Å²) in [5.41, 5.74) is 6.92. The molecule has 0 bridgehead atoms. The van der Waals surface area contributed by atoms with Crippen LogP contribution in [0.15, 0.2) is 28.7 Å². The first kappa shape index (κ1) is 11.5. The van der Waals surface area contributed by atoms with Crippen molar-refractivity contribution in [3.63, 3.8) is 0 Å². The molecule has 2 N–H and O–H groups in total. The van der Waals surface area contributed by atoms with E-state index >= 15 is 0 Å². The van der Waals surface area contributed by atoms with E-state index in [4.69, 9.17) is 21.8 Å². The second-order valence-corrected chi connectivity index (χ2v) is 5.00. The molecule has 0 radical (unpaired) electrons. The summed E-state index contributed by atoms with van der Waals surface area (Å²) in [7, 11) is 0. The second-order valence-electron chi connectivity index (χ2n) is 4.57. The molecule has 0 fully saturated rings. The monoisotopic (exact) mass is 237 g/mol. The molecule has 3 heteroatoms. The summed E-state index contributed by atoms with van der Waals surface area (Å²) < 4.78 is 5.70. The van der Waals surface area contributed by atoms with E-state index in [2.05, 4.69) is 13.8 Å². The molecule has 86 valence electrons. The number of furan rings is 1. The topological polar surface area (TPSA) is 39.2 Å². The summed E-state index contributed by atoms with van der Waals surface area (Å²) in [5, 5.41) is 1.74. The largest absolute Gasteiger partial charge is 0.459 e. The standard InChI is InChI=1S/C13H16ClNO/c1-8(2)5-11(15)13-7-9-6-10(14)3-4-12(9)16-13/h3-4,6-8,11H,5,15H2,1-2H3. The molecule has 0 spiro atoms. The van der Waals surface area contributed by atoms with Crippen LogP contribution in [-0.4, -0.2) is 0 Å². The van der Waals surface area contributed by atoms with Crippen molar-refractivity contribution in [2.24, 2.45) is 11.7 Å². The molecule has 0 aliphatic rings. The molecular weight excluding hydrogens is 222 g/mol. The van der Waals surface area contributed by atoms with E-state index in [-0.39, 0.29) is 6.04 Å². The lowest BCUT2D eigenvalue weighted by Crippen LogP contribution is -2.11. The summed E-state index contributed by atoms with van der Waals surface area (Å²) in [6, 6.07) is 7.54. The van der Waals surface area contributed by atoms with Gasteiger partial charge >= 0.3 is 0 Å². The van der Waals surface area contributed by atoms with Crippen LogP contribution < -0.4 is 5.73 Å². The Kier molecular flexibility index (Phi) is 3.22. The van der Waals surface area contributed by atoms with E-state index in [0.29, 0.717) is 5.92 Å². The van der Waals surface area contributed by atoms with Gasteiger partial charge in [0.2, 0.25) is 0 Å². The predicted molar refractivity (Wildman–Crippen MR) is 67.6 cm³/mol. The van der Waals surface area contributed by atoms with Crippen LogP contribution in [0.1, 0.15) is 32.1 Å². The molecule has 0 amide bonds. The summed E-state index contributed by atoms with van der Waals surface area (Å²) in [5.74, 6) is 1.40. The van der Waals surface area contributed by atoms with E-state index in [1.807, 2.05) is 24.3 Å². The summed E-state index contributed by atoms with van der Waals surface area (Å²) in [6.45, 7) is 4.30. The SMILES string of the molecule is CC(C)CC(N)c1cc2cc(Cl)ccc2o1. The minimum atomic E-state index is -0.0359. The molecule has 1 atom stereocenters. The van der Waals surface area contributed by atoms with Gasteiger partial charge in [0.15, 0.2) is 0 Å². The lowest BCUT2D eigenvalue weighted by molar-refractivity contribution is 0.431. The molecule has 0 saturated carbocycles. The van der Waals surface area contributed by atoms with Gasteiger partial charge in [0.05, 0.1) is 6.04 Å². The number of rotatable bonds is 3. The Balaban J connectivity index is 2.32. The first-order valence-electron chi connectivity index (χ1n) is 5.51. The van der Waals surface area contributed by atoms with Gasteiger partial charge < -0.3 is 10.2 Å². The number of benzene rings is 1. The number of fused-ring (bicyclic) bond motifs is 1. The van der Waals surface area contributed by atoms with Crippen molar-refractivity contribution in [2.45, 2.75) is 26.3 Å². The van der Waals surface area contributed by atoms with Crippen molar-refractivity contribution >= 4 is 22.6 Å². The van der Waals surface area contributed by atoms with Gasteiger partial charge in [0.25, 0.3) is 0 Å². The fraction of sp³-hybridized carbons (Fsp3) is 0.385. The van der Waals surface area contributed by atoms with E-state index in [1.54, 1.807) is 0 Å². The third-order valence-electron chi connectivity index (χ3n) is 2.59. The average Bonchev–Trinajstić information content (AvgIpc) is 2.59. The molecule has 1 unspecified atom stereocenters. The molecule has 0 aliphatic heterocycles. The Labute approximate surface area is 100 Å².